The number of carbonyl (C=O) groups is 1. The average Bonchev–Trinajstić information content (AvgIpc) is 3.29. The number of esters is 1. The topological polar surface area (TPSA) is 426 Å². The second-order valence-electron chi connectivity index (χ2n) is 15.7. The van der Waals surface area contributed by atoms with Crippen LogP contribution in [0.25, 0.3) is 28.4 Å². The number of hydrogen-bond donors (Lipinski definition) is 16. The first-order valence-corrected chi connectivity index (χ1v) is 20.2. The van der Waals surface area contributed by atoms with E-state index in [0.29, 0.717) is 6.08 Å². The number of aliphatic hydroxyl groups is 11. The zero-order chi connectivity index (χ0) is 48.8. The van der Waals surface area contributed by atoms with Gasteiger partial charge in [0.15, 0.2) is 34.5 Å². The highest BCUT2D eigenvalue weighted by atomic mass is 16.7. The number of aromatic hydroxyl groups is 5. The maximum atomic E-state index is 13.6. The monoisotopic (exact) mass is 950 g/mol. The predicted molar refractivity (Wildman–Crippen MR) is 217 cm³/mol. The molecule has 0 bridgehead atoms. The molecule has 3 saturated heterocycles. The number of benzene rings is 3. The molecule has 3 fully saturated rings. The van der Waals surface area contributed by atoms with Gasteiger partial charge in [0.05, 0.1) is 25.4 Å². The van der Waals surface area contributed by atoms with Gasteiger partial charge in [0, 0.05) is 35.4 Å². The van der Waals surface area contributed by atoms with Crippen molar-refractivity contribution in [2.45, 2.75) is 91.9 Å². The lowest BCUT2D eigenvalue weighted by molar-refractivity contribution is -0.277. The summed E-state index contributed by atoms with van der Waals surface area (Å²) in [4.78, 5) is 26.8. The molecule has 25 heteroatoms. The van der Waals surface area contributed by atoms with Gasteiger partial charge in [-0.2, -0.15) is 0 Å². The molecule has 1 aromatic heterocycles. The predicted octanol–water partition coefficient (Wildman–Crippen LogP) is -3.88. The Hall–Kier alpha value is -5.88. The van der Waals surface area contributed by atoms with Gasteiger partial charge in [0.25, 0.3) is 0 Å². The highest BCUT2D eigenvalue weighted by Crippen LogP contribution is 2.46. The van der Waals surface area contributed by atoms with Crippen molar-refractivity contribution in [2.24, 2.45) is 0 Å². The third kappa shape index (κ3) is 9.51. The lowest BCUT2D eigenvalue weighted by Crippen LogP contribution is -2.60. The quantitative estimate of drug-likeness (QED) is 0.0367. The molecule has 4 heterocycles. The summed E-state index contributed by atoms with van der Waals surface area (Å²) in [6.07, 6.45) is -24.6. The summed E-state index contributed by atoms with van der Waals surface area (Å²) in [5, 5.41) is 165. The van der Waals surface area contributed by atoms with Crippen LogP contribution in [0.5, 0.6) is 40.2 Å². The minimum atomic E-state index is -2.09. The number of hydrogen-bond acceptors (Lipinski definition) is 25. The van der Waals surface area contributed by atoms with Gasteiger partial charge in [-0.1, -0.05) is 0 Å². The van der Waals surface area contributed by atoms with Crippen LogP contribution < -0.4 is 14.9 Å². The molecule has 67 heavy (non-hydrogen) atoms. The Balaban J connectivity index is 1.12. The van der Waals surface area contributed by atoms with E-state index < -0.39 is 174 Å². The third-order valence-corrected chi connectivity index (χ3v) is 11.3. The van der Waals surface area contributed by atoms with Crippen molar-refractivity contribution in [3.05, 3.63) is 69.9 Å². The van der Waals surface area contributed by atoms with Crippen LogP contribution >= 0.6 is 0 Å². The second kappa shape index (κ2) is 19.8. The summed E-state index contributed by atoms with van der Waals surface area (Å²) in [5.41, 5.74) is -2.28. The Morgan fingerprint density at radius 3 is 1.73 bits per heavy atom. The average molecular weight is 951 g/mol. The van der Waals surface area contributed by atoms with Gasteiger partial charge in [-0.3, -0.25) is 4.79 Å². The summed E-state index contributed by atoms with van der Waals surface area (Å²) in [5.74, 6) is -6.19. The van der Waals surface area contributed by atoms with Gasteiger partial charge in [0.1, 0.15) is 107 Å². The number of phenols is 5. The maximum absolute atomic E-state index is 13.6. The van der Waals surface area contributed by atoms with Gasteiger partial charge < -0.3 is 115 Å². The highest BCUT2D eigenvalue weighted by molar-refractivity contribution is 5.89. The van der Waals surface area contributed by atoms with Crippen molar-refractivity contribution in [1.82, 2.24) is 0 Å². The molecule has 0 radical (unpaired) electrons. The molecule has 7 rings (SSSR count). The first kappa shape index (κ1) is 49.0. The van der Waals surface area contributed by atoms with E-state index in [2.05, 4.69) is 0 Å². The van der Waals surface area contributed by atoms with Crippen LogP contribution in [-0.4, -0.2) is 193 Å². The molecule has 3 aliphatic rings. The van der Waals surface area contributed by atoms with E-state index in [0.717, 1.165) is 42.5 Å². The Morgan fingerprint density at radius 1 is 0.597 bits per heavy atom. The smallest absolute Gasteiger partial charge is 0.331 e. The van der Waals surface area contributed by atoms with Gasteiger partial charge in [-0.25, -0.2) is 4.79 Å². The Bertz CT molecular complexity index is 2520. The zero-order valence-electron chi connectivity index (χ0n) is 34.3. The van der Waals surface area contributed by atoms with Crippen LogP contribution in [0.15, 0.2) is 57.8 Å². The van der Waals surface area contributed by atoms with Crippen molar-refractivity contribution in [1.29, 1.82) is 0 Å². The fourth-order valence-electron chi connectivity index (χ4n) is 7.66. The van der Waals surface area contributed by atoms with Crippen LogP contribution in [0.2, 0.25) is 0 Å². The standard InChI is InChI=1S/C42H46O25/c43-10-24-32(54)36(58)40(67-27(51)4-2-13-5-17(48)22(7-15(13)46)64-42-38(60)35(57)31(53)26(12-45)66-42)39(62-24)29-19(50)9-23-28(33(29)55)18(49)8-21(61-23)14-1-3-20(16(47)6-14)63-41-37(59)34(56)30(52)25(11-44)65-41/h1-9,24-26,30-32,34-48,50,52-60H,10-12H2/b4-2+/t24-,25-,26+,30+,31+,32+,34-,35+,36-,37-,38+,39-,40+,41+,42+/m0/s1. The molecule has 4 aromatic rings. The number of aliphatic hydroxyl groups excluding tert-OH is 11. The summed E-state index contributed by atoms with van der Waals surface area (Å²) >= 11 is 0. The van der Waals surface area contributed by atoms with Crippen LogP contribution in [0.1, 0.15) is 17.2 Å². The van der Waals surface area contributed by atoms with Gasteiger partial charge in [-0.15, -0.1) is 0 Å². The number of fused-ring (bicyclic) bond motifs is 1. The molecule has 364 valence electrons. The first-order valence-electron chi connectivity index (χ1n) is 20.2. The zero-order valence-corrected chi connectivity index (χ0v) is 34.3. The maximum Gasteiger partial charge on any atom is 0.331 e. The second-order valence-corrected chi connectivity index (χ2v) is 15.7. The van der Waals surface area contributed by atoms with Crippen LogP contribution in [0.3, 0.4) is 0 Å². The van der Waals surface area contributed by atoms with E-state index >= 15 is 0 Å². The van der Waals surface area contributed by atoms with E-state index in [1.807, 2.05) is 0 Å². The Labute approximate surface area is 375 Å². The molecule has 3 aromatic carbocycles. The van der Waals surface area contributed by atoms with E-state index in [9.17, 15) is 91.3 Å². The normalized spacial score (nSPS) is 32.3. The SMILES string of the molecule is O=C(/C=C/c1cc(O)c(O[C@@H]2O[C@H](CO)[C@@H](O)[C@@H](O)[C@H]2O)cc1O)O[C@@H]1[C@@H](O)[C@H](O)[C@H](CO)O[C@H]1c1c(O)cc2oc(-c3ccc(O[C@@H]4O[C@@H](CO)[C@@H](O)[C@H](O)[C@@H]4O)c(O)c3)cc(=O)c2c1O. The number of ether oxygens (including phenoxy) is 6. The lowest BCUT2D eigenvalue weighted by Gasteiger charge is -2.42. The minimum Gasteiger partial charge on any atom is -0.507 e. The van der Waals surface area contributed by atoms with E-state index in [4.69, 9.17) is 32.8 Å². The largest absolute Gasteiger partial charge is 0.507 e. The number of phenolic OH excluding ortho intramolecular Hbond substituents is 5. The Morgan fingerprint density at radius 2 is 1.15 bits per heavy atom. The molecular formula is C42H46O25. The summed E-state index contributed by atoms with van der Waals surface area (Å²) in [6, 6.07) is 6.97. The summed E-state index contributed by atoms with van der Waals surface area (Å²) in [6.45, 7) is -2.45. The molecule has 3 aliphatic heterocycles. The summed E-state index contributed by atoms with van der Waals surface area (Å²) < 4.78 is 38.2. The van der Waals surface area contributed by atoms with Crippen molar-refractivity contribution >= 4 is 23.0 Å². The first-order chi connectivity index (χ1) is 31.8. The van der Waals surface area contributed by atoms with Crippen molar-refractivity contribution < 1.29 is 119 Å². The third-order valence-electron chi connectivity index (χ3n) is 11.3. The lowest BCUT2D eigenvalue weighted by atomic mass is 9.89. The molecule has 25 nitrogen and oxygen atoms in total. The molecule has 0 saturated carbocycles. The number of carbonyl (C=O) groups excluding carboxylic acids is 1. The molecular weight excluding hydrogens is 904 g/mol. The fourth-order valence-corrected chi connectivity index (χ4v) is 7.66. The van der Waals surface area contributed by atoms with Crippen molar-refractivity contribution in [3.63, 3.8) is 0 Å². The van der Waals surface area contributed by atoms with E-state index in [1.54, 1.807) is 0 Å². The summed E-state index contributed by atoms with van der Waals surface area (Å²) in [7, 11) is 0. The number of rotatable bonds is 12. The van der Waals surface area contributed by atoms with E-state index in [1.165, 1.54) is 6.07 Å². The van der Waals surface area contributed by atoms with Crippen LogP contribution in [0, 0.1) is 0 Å². The molecule has 15 atom stereocenters. The van der Waals surface area contributed by atoms with Crippen molar-refractivity contribution in [2.75, 3.05) is 19.8 Å². The van der Waals surface area contributed by atoms with Gasteiger partial charge >= 0.3 is 5.97 Å². The van der Waals surface area contributed by atoms with E-state index in [-0.39, 0.29) is 22.6 Å². The van der Waals surface area contributed by atoms with Crippen molar-refractivity contribution in [3.8, 4) is 51.6 Å². The molecule has 0 unspecified atom stereocenters. The minimum absolute atomic E-state index is 0.0279. The molecule has 0 amide bonds. The fraction of sp³-hybridized carbons (Fsp3) is 0.429. The molecule has 16 N–H and O–H groups in total. The van der Waals surface area contributed by atoms with Gasteiger partial charge in [0.2, 0.25) is 12.6 Å². The molecule has 0 spiro atoms. The Kier molecular flexibility index (Phi) is 14.5. The van der Waals surface area contributed by atoms with Crippen LogP contribution in [0.4, 0.5) is 0 Å². The van der Waals surface area contributed by atoms with Crippen LogP contribution in [-0.2, 0) is 23.7 Å². The molecule has 0 aliphatic carbocycles. The highest BCUT2D eigenvalue weighted by Gasteiger charge is 2.50. The van der Waals surface area contributed by atoms with Gasteiger partial charge in [-0.05, 0) is 30.3 Å².